The van der Waals surface area contributed by atoms with Gasteiger partial charge in [0.25, 0.3) is 0 Å². The predicted molar refractivity (Wildman–Crippen MR) is 104 cm³/mol. The fourth-order valence-corrected chi connectivity index (χ4v) is 4.91. The zero-order valence-corrected chi connectivity index (χ0v) is 15.4. The SMILES string of the molecule is [N-]=[N+]=Nc1ccc(/C=C/[C@@H]2C3CC(CCCCC(=O)O)CC3C[C@H]2O)cc1. The van der Waals surface area contributed by atoms with Crippen molar-refractivity contribution in [3.63, 3.8) is 0 Å². The van der Waals surface area contributed by atoms with E-state index in [0.29, 0.717) is 23.4 Å². The van der Waals surface area contributed by atoms with Crippen molar-refractivity contribution in [1.29, 1.82) is 0 Å². The smallest absolute Gasteiger partial charge is 0.303 e. The monoisotopic (exact) mass is 369 g/mol. The minimum Gasteiger partial charge on any atom is -0.481 e. The van der Waals surface area contributed by atoms with E-state index >= 15 is 0 Å². The summed E-state index contributed by atoms with van der Waals surface area (Å²) in [5.41, 5.74) is 10.1. The molecule has 1 aromatic rings. The summed E-state index contributed by atoms with van der Waals surface area (Å²) in [4.78, 5) is 13.4. The van der Waals surface area contributed by atoms with Gasteiger partial charge < -0.3 is 10.2 Å². The number of azide groups is 1. The van der Waals surface area contributed by atoms with Crippen molar-refractivity contribution in [2.24, 2.45) is 28.8 Å². The van der Waals surface area contributed by atoms with Crippen LogP contribution >= 0.6 is 0 Å². The summed E-state index contributed by atoms with van der Waals surface area (Å²) in [5, 5.41) is 22.8. The van der Waals surface area contributed by atoms with Crippen LogP contribution in [-0.4, -0.2) is 22.3 Å². The molecule has 0 spiro atoms. The van der Waals surface area contributed by atoms with E-state index in [0.717, 1.165) is 37.7 Å². The topological polar surface area (TPSA) is 106 Å². The molecule has 5 atom stereocenters. The highest BCUT2D eigenvalue weighted by atomic mass is 16.4. The standard InChI is InChI=1S/C21H27N3O3/c22-24-23-17-8-5-14(6-9-17)7-10-18-19-12-15(3-1-2-4-21(26)27)11-16(19)13-20(18)25/h5-10,15-16,18-20,25H,1-4,11-13H2,(H,26,27)/b10-7+/t15?,16?,18-,19?,20-/m1/s1. The third-order valence-corrected chi connectivity index (χ3v) is 6.15. The minimum absolute atomic E-state index is 0.191. The molecular formula is C21H27N3O3. The zero-order valence-electron chi connectivity index (χ0n) is 15.4. The fraction of sp³-hybridized carbons (Fsp3) is 0.571. The van der Waals surface area contributed by atoms with E-state index in [2.05, 4.69) is 22.2 Å². The third-order valence-electron chi connectivity index (χ3n) is 6.15. The average Bonchev–Trinajstić information content (AvgIpc) is 3.15. The van der Waals surface area contributed by atoms with Gasteiger partial charge in [-0.25, -0.2) is 0 Å². The number of unbranched alkanes of at least 4 members (excludes halogenated alkanes) is 1. The Morgan fingerprint density at radius 3 is 2.70 bits per heavy atom. The Kier molecular flexibility index (Phi) is 6.54. The Morgan fingerprint density at radius 1 is 1.22 bits per heavy atom. The largest absolute Gasteiger partial charge is 0.481 e. The molecule has 0 aliphatic heterocycles. The number of hydrogen-bond acceptors (Lipinski definition) is 3. The van der Waals surface area contributed by atoms with Gasteiger partial charge in [0.1, 0.15) is 0 Å². The molecule has 2 aliphatic carbocycles. The summed E-state index contributed by atoms with van der Waals surface area (Å²) < 4.78 is 0. The highest BCUT2D eigenvalue weighted by Gasteiger charge is 2.46. The van der Waals surface area contributed by atoms with Gasteiger partial charge in [-0.2, -0.15) is 0 Å². The van der Waals surface area contributed by atoms with E-state index < -0.39 is 5.97 Å². The number of carbonyl (C=O) groups is 1. The van der Waals surface area contributed by atoms with Crippen LogP contribution in [0.5, 0.6) is 0 Å². The molecule has 0 heterocycles. The van der Waals surface area contributed by atoms with Crippen molar-refractivity contribution in [2.45, 2.75) is 51.0 Å². The van der Waals surface area contributed by atoms with Gasteiger partial charge in [-0.15, -0.1) is 0 Å². The molecule has 2 saturated carbocycles. The van der Waals surface area contributed by atoms with Crippen LogP contribution < -0.4 is 0 Å². The van der Waals surface area contributed by atoms with E-state index in [1.54, 1.807) is 12.1 Å². The number of nitrogens with zero attached hydrogens (tertiary/aromatic N) is 3. The van der Waals surface area contributed by atoms with Gasteiger partial charge in [0, 0.05) is 22.9 Å². The van der Waals surface area contributed by atoms with Gasteiger partial charge >= 0.3 is 5.97 Å². The zero-order chi connectivity index (χ0) is 19.2. The maximum atomic E-state index is 10.6. The number of aliphatic hydroxyl groups is 1. The molecule has 0 saturated heterocycles. The Bertz CT molecular complexity index is 725. The molecule has 6 heteroatoms. The molecule has 0 radical (unpaired) electrons. The lowest BCUT2D eigenvalue weighted by Crippen LogP contribution is -2.17. The van der Waals surface area contributed by atoms with Crippen molar-refractivity contribution in [2.75, 3.05) is 0 Å². The number of carboxylic acids is 1. The van der Waals surface area contributed by atoms with Crippen LogP contribution in [0.1, 0.15) is 50.5 Å². The number of rotatable bonds is 8. The van der Waals surface area contributed by atoms with Gasteiger partial charge in [-0.05, 0) is 54.5 Å². The molecule has 0 bridgehead atoms. The first-order chi connectivity index (χ1) is 13.1. The first-order valence-corrected chi connectivity index (χ1v) is 9.80. The van der Waals surface area contributed by atoms with Crippen LogP contribution in [0.2, 0.25) is 0 Å². The molecule has 3 rings (SSSR count). The van der Waals surface area contributed by atoms with Gasteiger partial charge in [-0.3, -0.25) is 4.79 Å². The highest BCUT2D eigenvalue weighted by Crippen LogP contribution is 2.51. The Hall–Kier alpha value is -2.30. The summed E-state index contributed by atoms with van der Waals surface area (Å²) in [6, 6.07) is 7.41. The fourth-order valence-electron chi connectivity index (χ4n) is 4.91. The minimum atomic E-state index is -0.709. The molecule has 3 unspecified atom stereocenters. The second-order valence-corrected chi connectivity index (χ2v) is 7.92. The number of benzene rings is 1. The molecule has 144 valence electrons. The quantitative estimate of drug-likeness (QED) is 0.280. The van der Waals surface area contributed by atoms with Crippen molar-refractivity contribution < 1.29 is 15.0 Å². The Labute approximate surface area is 159 Å². The summed E-state index contributed by atoms with van der Waals surface area (Å²) in [6.07, 6.45) is 10.2. The third kappa shape index (κ3) is 5.12. The molecule has 0 aromatic heterocycles. The molecular weight excluding hydrogens is 342 g/mol. The van der Waals surface area contributed by atoms with E-state index in [-0.39, 0.29) is 18.4 Å². The normalized spacial score (nSPS) is 29.6. The number of aliphatic carboxylic acids is 1. The van der Waals surface area contributed by atoms with Crippen LogP contribution in [0.15, 0.2) is 35.5 Å². The van der Waals surface area contributed by atoms with Gasteiger partial charge in [0.2, 0.25) is 0 Å². The molecule has 27 heavy (non-hydrogen) atoms. The van der Waals surface area contributed by atoms with Crippen LogP contribution in [0.4, 0.5) is 5.69 Å². The van der Waals surface area contributed by atoms with Crippen LogP contribution in [0.25, 0.3) is 16.5 Å². The van der Waals surface area contributed by atoms with Crippen LogP contribution in [-0.2, 0) is 4.79 Å². The molecule has 2 fully saturated rings. The maximum absolute atomic E-state index is 10.6. The first kappa shape index (κ1) is 19.5. The average molecular weight is 369 g/mol. The van der Waals surface area contributed by atoms with Gasteiger partial charge in [0.05, 0.1) is 6.10 Å². The highest BCUT2D eigenvalue weighted by molar-refractivity contribution is 5.66. The summed E-state index contributed by atoms with van der Waals surface area (Å²) in [6.45, 7) is 0. The number of fused-ring (bicyclic) bond motifs is 1. The molecule has 1 aromatic carbocycles. The Balaban J connectivity index is 1.54. The van der Waals surface area contributed by atoms with Gasteiger partial charge in [-0.1, -0.05) is 54.4 Å². The Morgan fingerprint density at radius 2 is 2.00 bits per heavy atom. The van der Waals surface area contributed by atoms with E-state index in [1.807, 2.05) is 12.1 Å². The predicted octanol–water partition coefficient (Wildman–Crippen LogP) is 5.31. The van der Waals surface area contributed by atoms with Crippen LogP contribution in [0, 0.1) is 23.7 Å². The van der Waals surface area contributed by atoms with Crippen molar-refractivity contribution in [3.8, 4) is 0 Å². The van der Waals surface area contributed by atoms with Crippen molar-refractivity contribution >= 4 is 17.7 Å². The number of aliphatic hydroxyl groups excluding tert-OH is 1. The summed E-state index contributed by atoms with van der Waals surface area (Å²) in [5.74, 6) is 1.27. The maximum Gasteiger partial charge on any atom is 0.303 e. The summed E-state index contributed by atoms with van der Waals surface area (Å²) in [7, 11) is 0. The van der Waals surface area contributed by atoms with E-state index in [1.165, 1.54) is 6.42 Å². The van der Waals surface area contributed by atoms with Gasteiger partial charge in [0.15, 0.2) is 0 Å². The lowest BCUT2D eigenvalue weighted by atomic mass is 9.89. The summed E-state index contributed by atoms with van der Waals surface area (Å²) >= 11 is 0. The van der Waals surface area contributed by atoms with Crippen molar-refractivity contribution in [3.05, 3.63) is 46.3 Å². The second-order valence-electron chi connectivity index (χ2n) is 7.92. The molecule has 6 nitrogen and oxygen atoms in total. The van der Waals surface area contributed by atoms with Crippen LogP contribution in [0.3, 0.4) is 0 Å². The lowest BCUT2D eigenvalue weighted by molar-refractivity contribution is -0.137. The number of carboxylic acid groups (broad SMARTS) is 1. The number of hydrogen-bond donors (Lipinski definition) is 2. The second kappa shape index (κ2) is 9.07. The molecule has 0 amide bonds. The first-order valence-electron chi connectivity index (χ1n) is 9.80. The van der Waals surface area contributed by atoms with E-state index in [9.17, 15) is 9.90 Å². The van der Waals surface area contributed by atoms with Crippen molar-refractivity contribution in [1.82, 2.24) is 0 Å². The van der Waals surface area contributed by atoms with E-state index in [4.69, 9.17) is 10.6 Å². The molecule has 2 aliphatic rings. The molecule has 2 N–H and O–H groups in total. The lowest BCUT2D eigenvalue weighted by Gasteiger charge is -2.18.